The van der Waals surface area contributed by atoms with Crippen molar-refractivity contribution in [3.63, 3.8) is 0 Å². The van der Waals surface area contributed by atoms with Crippen LogP contribution in [0.25, 0.3) is 22.8 Å². The molecule has 0 unspecified atom stereocenters. The molecule has 2 N–H and O–H groups in total. The number of para-hydroxylation sites is 1. The van der Waals surface area contributed by atoms with E-state index in [1.807, 2.05) is 24.3 Å². The van der Waals surface area contributed by atoms with Crippen molar-refractivity contribution in [1.82, 2.24) is 15.0 Å². The highest BCUT2D eigenvalue weighted by molar-refractivity contribution is 6.30. The largest absolute Gasteiger partial charge is 0.364 e. The van der Waals surface area contributed by atoms with Gasteiger partial charge < -0.3 is 5.73 Å². The summed E-state index contributed by atoms with van der Waals surface area (Å²) >= 11 is 5.85. The molecule has 0 aliphatic heterocycles. The molecule has 0 saturated carbocycles. The van der Waals surface area contributed by atoms with Crippen LogP contribution in [-0.2, 0) is 4.79 Å². The van der Waals surface area contributed by atoms with Crippen molar-refractivity contribution in [2.75, 3.05) is 0 Å². The highest BCUT2D eigenvalue weighted by atomic mass is 35.5. The first-order valence-electron chi connectivity index (χ1n) is 6.23. The first-order chi connectivity index (χ1) is 10.1. The summed E-state index contributed by atoms with van der Waals surface area (Å²) in [6, 6.07) is 14.4. The Labute approximate surface area is 125 Å². The normalized spacial score (nSPS) is 11.8. The highest BCUT2D eigenvalue weighted by Crippen LogP contribution is 2.18. The summed E-state index contributed by atoms with van der Waals surface area (Å²) in [6.07, 6.45) is 1.65. The Morgan fingerprint density at radius 2 is 1.86 bits per heavy atom. The van der Waals surface area contributed by atoms with E-state index in [4.69, 9.17) is 17.3 Å². The van der Waals surface area contributed by atoms with Gasteiger partial charge in [-0.25, -0.2) is 4.68 Å². The molecule has 0 saturated heterocycles. The minimum absolute atomic E-state index is 0.242. The fourth-order valence-corrected chi connectivity index (χ4v) is 2.13. The molecule has 21 heavy (non-hydrogen) atoms. The zero-order chi connectivity index (χ0) is 14.8. The number of nitrogens with two attached hydrogens (primary N) is 1. The van der Waals surface area contributed by atoms with Crippen LogP contribution in [0, 0.1) is 0 Å². The molecule has 2 aromatic carbocycles. The van der Waals surface area contributed by atoms with Crippen LogP contribution in [0.1, 0.15) is 5.56 Å². The average molecular weight is 299 g/mol. The van der Waals surface area contributed by atoms with Crippen LogP contribution in [0.3, 0.4) is 0 Å². The molecule has 0 radical (unpaired) electrons. The van der Waals surface area contributed by atoms with E-state index >= 15 is 0 Å². The van der Waals surface area contributed by atoms with E-state index in [9.17, 15) is 4.79 Å². The van der Waals surface area contributed by atoms with E-state index in [0.717, 1.165) is 11.1 Å². The highest BCUT2D eigenvalue weighted by Gasteiger charge is 2.13. The Bertz CT molecular complexity index is 836. The minimum Gasteiger partial charge on any atom is -0.364 e. The summed E-state index contributed by atoms with van der Waals surface area (Å²) in [6.45, 7) is 0. The zero-order valence-corrected chi connectivity index (χ0v) is 11.7. The third-order valence-electron chi connectivity index (χ3n) is 3.01. The Morgan fingerprint density at radius 1 is 1.14 bits per heavy atom. The molecule has 0 spiro atoms. The third-order valence-corrected chi connectivity index (χ3v) is 3.26. The summed E-state index contributed by atoms with van der Waals surface area (Å²) in [5.41, 5.74) is 7.93. The summed E-state index contributed by atoms with van der Waals surface area (Å²) in [4.78, 5) is 11.8. The molecule has 0 aliphatic carbocycles. The number of benzene rings is 2. The Morgan fingerprint density at radius 3 is 2.57 bits per heavy atom. The van der Waals surface area contributed by atoms with Gasteiger partial charge in [0, 0.05) is 5.02 Å². The quantitative estimate of drug-likeness (QED) is 0.755. The maximum absolute atomic E-state index is 11.8. The second-order valence-corrected chi connectivity index (χ2v) is 4.87. The van der Waals surface area contributed by atoms with Gasteiger partial charge in [-0.1, -0.05) is 41.1 Å². The van der Waals surface area contributed by atoms with Crippen LogP contribution in [0.5, 0.6) is 0 Å². The van der Waals surface area contributed by atoms with Crippen molar-refractivity contribution in [2.45, 2.75) is 0 Å². The number of hydrogen-bond donors (Lipinski definition) is 1. The van der Waals surface area contributed by atoms with Crippen molar-refractivity contribution in [1.29, 1.82) is 0 Å². The van der Waals surface area contributed by atoms with Gasteiger partial charge in [0.25, 0.3) is 5.91 Å². The fraction of sp³-hybridized carbons (Fsp3) is 0. The third kappa shape index (κ3) is 2.64. The van der Waals surface area contributed by atoms with Gasteiger partial charge in [0.05, 0.1) is 5.52 Å². The summed E-state index contributed by atoms with van der Waals surface area (Å²) < 4.78 is 1.44. The summed E-state index contributed by atoms with van der Waals surface area (Å²) in [7, 11) is 0. The molecule has 0 fully saturated rings. The van der Waals surface area contributed by atoms with Crippen molar-refractivity contribution < 1.29 is 4.79 Å². The number of halogens is 1. The van der Waals surface area contributed by atoms with Crippen LogP contribution in [0.2, 0.25) is 5.02 Å². The monoisotopic (exact) mass is 298 g/mol. The van der Waals surface area contributed by atoms with Crippen molar-refractivity contribution in [3.05, 3.63) is 59.1 Å². The van der Waals surface area contributed by atoms with Crippen LogP contribution in [-0.4, -0.2) is 20.9 Å². The van der Waals surface area contributed by atoms with Crippen molar-refractivity contribution >= 4 is 40.3 Å². The first kappa shape index (κ1) is 13.3. The molecule has 0 aliphatic rings. The Kier molecular flexibility index (Phi) is 3.41. The molecule has 3 aromatic rings. The lowest BCUT2D eigenvalue weighted by atomic mass is 10.2. The van der Waals surface area contributed by atoms with Gasteiger partial charge >= 0.3 is 0 Å². The van der Waals surface area contributed by atoms with E-state index in [0.29, 0.717) is 10.5 Å². The van der Waals surface area contributed by atoms with E-state index in [-0.39, 0.29) is 5.70 Å². The summed E-state index contributed by atoms with van der Waals surface area (Å²) in [5, 5.41) is 8.65. The predicted molar refractivity (Wildman–Crippen MR) is 82.3 cm³/mol. The Hall–Kier alpha value is -2.66. The Balaban J connectivity index is 2.14. The maximum Gasteiger partial charge on any atom is 0.267 e. The molecular weight excluding hydrogens is 288 g/mol. The maximum atomic E-state index is 11.8. The number of aromatic nitrogens is 3. The van der Waals surface area contributed by atoms with Gasteiger partial charge in [-0.05, 0) is 35.9 Å². The lowest BCUT2D eigenvalue weighted by Gasteiger charge is -2.04. The van der Waals surface area contributed by atoms with Crippen LogP contribution >= 0.6 is 11.6 Å². The summed E-state index contributed by atoms with van der Waals surface area (Å²) in [5.74, 6) is -0.583. The van der Waals surface area contributed by atoms with Gasteiger partial charge in [0.15, 0.2) is 0 Å². The van der Waals surface area contributed by atoms with E-state index in [1.54, 1.807) is 30.3 Å². The van der Waals surface area contributed by atoms with Crippen LogP contribution in [0.4, 0.5) is 0 Å². The zero-order valence-electron chi connectivity index (χ0n) is 10.9. The van der Waals surface area contributed by atoms with Crippen LogP contribution in [0.15, 0.2) is 48.5 Å². The smallest absolute Gasteiger partial charge is 0.267 e. The molecule has 5 nitrogen and oxygen atoms in total. The van der Waals surface area contributed by atoms with Crippen molar-refractivity contribution in [2.24, 2.45) is 5.73 Å². The SMILES string of the molecule is NC(=O)/C(=C/c1ccc(Cl)cc1)n1nnc2ccccc21. The van der Waals surface area contributed by atoms with Crippen molar-refractivity contribution in [3.8, 4) is 0 Å². The number of amides is 1. The minimum atomic E-state index is -0.583. The number of fused-ring (bicyclic) bond motifs is 1. The molecule has 0 bridgehead atoms. The van der Waals surface area contributed by atoms with Crippen LogP contribution < -0.4 is 5.73 Å². The lowest BCUT2D eigenvalue weighted by Crippen LogP contribution is -2.18. The molecule has 104 valence electrons. The van der Waals surface area contributed by atoms with Gasteiger partial charge in [-0.3, -0.25) is 4.79 Å². The number of carbonyl (C=O) groups excluding carboxylic acids is 1. The number of hydrogen-bond acceptors (Lipinski definition) is 3. The predicted octanol–water partition coefficient (Wildman–Crippen LogP) is 2.57. The second-order valence-electron chi connectivity index (χ2n) is 4.44. The average Bonchev–Trinajstić information content (AvgIpc) is 2.90. The second kappa shape index (κ2) is 5.38. The number of nitrogens with zero attached hydrogens (tertiary/aromatic N) is 3. The standard InChI is InChI=1S/C15H11ClN4O/c16-11-7-5-10(6-8-11)9-14(15(17)21)20-13-4-2-1-3-12(13)18-19-20/h1-9H,(H2,17,21)/b14-9-. The van der Waals surface area contributed by atoms with E-state index in [1.165, 1.54) is 4.68 Å². The molecular formula is C15H11ClN4O. The molecule has 0 atom stereocenters. The first-order valence-corrected chi connectivity index (χ1v) is 6.61. The van der Waals surface area contributed by atoms with Gasteiger partial charge in [0.1, 0.15) is 11.2 Å². The number of carbonyl (C=O) groups is 1. The molecule has 3 rings (SSSR count). The molecule has 6 heteroatoms. The molecule has 1 aromatic heterocycles. The number of rotatable bonds is 3. The fourth-order valence-electron chi connectivity index (χ4n) is 2.00. The van der Waals surface area contributed by atoms with Gasteiger partial charge in [-0.15, -0.1) is 5.10 Å². The number of primary amides is 1. The van der Waals surface area contributed by atoms with Gasteiger partial charge in [-0.2, -0.15) is 0 Å². The topological polar surface area (TPSA) is 73.8 Å². The van der Waals surface area contributed by atoms with E-state index < -0.39 is 5.91 Å². The molecule has 1 amide bonds. The van der Waals surface area contributed by atoms with E-state index in [2.05, 4.69) is 10.3 Å². The molecule has 1 heterocycles. The van der Waals surface area contributed by atoms with Gasteiger partial charge in [0.2, 0.25) is 0 Å². The lowest BCUT2D eigenvalue weighted by molar-refractivity contribution is -0.113.